The fraction of sp³-hybridized carbons (Fsp3) is 0.0625. The molecule has 0 radical (unpaired) electrons. The first-order valence-corrected chi connectivity index (χ1v) is 7.89. The summed E-state index contributed by atoms with van der Waals surface area (Å²) in [5, 5.41) is 5.40. The van der Waals surface area contributed by atoms with Gasteiger partial charge in [-0.25, -0.2) is 9.97 Å². The zero-order valence-electron chi connectivity index (χ0n) is 12.6. The molecule has 1 aromatic carbocycles. The zero-order chi connectivity index (χ0) is 16.7. The van der Waals surface area contributed by atoms with E-state index in [1.165, 1.54) is 17.7 Å². The van der Waals surface area contributed by atoms with Crippen molar-refractivity contribution < 1.29 is 13.9 Å². The number of nitrogens with zero attached hydrogens (tertiary/aromatic N) is 2. The van der Waals surface area contributed by atoms with Gasteiger partial charge in [0, 0.05) is 22.9 Å². The number of rotatable bonds is 3. The molecule has 1 amide bonds. The van der Waals surface area contributed by atoms with E-state index in [1.807, 2.05) is 0 Å². The number of hydrogen-bond donors (Lipinski definition) is 2. The normalized spacial score (nSPS) is 11.0. The number of nitrogens with two attached hydrogens (primary N) is 1. The van der Waals surface area contributed by atoms with Gasteiger partial charge in [-0.1, -0.05) is 0 Å². The van der Waals surface area contributed by atoms with E-state index in [0.29, 0.717) is 38.6 Å². The lowest BCUT2D eigenvalue weighted by atomic mass is 10.2. The van der Waals surface area contributed by atoms with Crippen molar-refractivity contribution in [3.8, 4) is 5.75 Å². The molecule has 0 aliphatic carbocycles. The molecular formula is C16H12N4O3S. The predicted octanol–water partition coefficient (Wildman–Crippen LogP) is 3.28. The average Bonchev–Trinajstić information content (AvgIpc) is 3.21. The quantitative estimate of drug-likeness (QED) is 0.593. The third-order valence-corrected chi connectivity index (χ3v) is 4.65. The number of furan rings is 1. The minimum Gasteiger partial charge on any atom is -0.497 e. The van der Waals surface area contributed by atoms with Gasteiger partial charge >= 0.3 is 0 Å². The maximum Gasteiger partial charge on any atom is 0.258 e. The van der Waals surface area contributed by atoms with Crippen LogP contribution in [0, 0.1) is 0 Å². The van der Waals surface area contributed by atoms with E-state index in [2.05, 4.69) is 15.3 Å². The van der Waals surface area contributed by atoms with Gasteiger partial charge in [-0.05, 0) is 6.07 Å². The smallest absolute Gasteiger partial charge is 0.258 e. The number of nitrogen functional groups attached to an aromatic ring is 1. The number of amides is 1. The van der Waals surface area contributed by atoms with Gasteiger partial charge in [-0.2, -0.15) is 0 Å². The molecule has 0 bridgehead atoms. The SMILES string of the molecule is COc1cc(NC(=O)c2csc3c(N)ncnc23)c2ccoc2c1. The number of benzene rings is 1. The Morgan fingerprint density at radius 2 is 2.25 bits per heavy atom. The van der Waals surface area contributed by atoms with Crippen molar-refractivity contribution in [2.75, 3.05) is 18.2 Å². The molecule has 0 saturated carbocycles. The van der Waals surface area contributed by atoms with Crippen LogP contribution in [0.25, 0.3) is 21.2 Å². The average molecular weight is 340 g/mol. The summed E-state index contributed by atoms with van der Waals surface area (Å²) in [5.41, 5.74) is 8.04. The van der Waals surface area contributed by atoms with E-state index in [1.54, 1.807) is 37.0 Å². The Morgan fingerprint density at radius 1 is 1.38 bits per heavy atom. The van der Waals surface area contributed by atoms with Gasteiger partial charge in [-0.3, -0.25) is 4.79 Å². The molecule has 0 atom stereocenters. The number of anilines is 2. The second-order valence-corrected chi connectivity index (χ2v) is 5.93. The van der Waals surface area contributed by atoms with Gasteiger partial charge in [0.15, 0.2) is 0 Å². The molecule has 0 saturated heterocycles. The molecule has 0 spiro atoms. The van der Waals surface area contributed by atoms with Crippen molar-refractivity contribution in [1.82, 2.24) is 9.97 Å². The predicted molar refractivity (Wildman–Crippen MR) is 92.5 cm³/mol. The molecule has 0 fully saturated rings. The zero-order valence-corrected chi connectivity index (χ0v) is 13.4. The fourth-order valence-electron chi connectivity index (χ4n) is 2.49. The highest BCUT2D eigenvalue weighted by molar-refractivity contribution is 7.18. The van der Waals surface area contributed by atoms with Crippen LogP contribution in [0.2, 0.25) is 0 Å². The van der Waals surface area contributed by atoms with E-state index in [4.69, 9.17) is 14.9 Å². The molecule has 3 heterocycles. The molecule has 0 aliphatic heterocycles. The van der Waals surface area contributed by atoms with Crippen molar-refractivity contribution in [3.63, 3.8) is 0 Å². The second-order valence-electron chi connectivity index (χ2n) is 5.05. The number of methoxy groups -OCH3 is 1. The molecular weight excluding hydrogens is 328 g/mol. The van der Waals surface area contributed by atoms with Crippen LogP contribution in [0.5, 0.6) is 5.75 Å². The number of ether oxygens (including phenoxy) is 1. The number of nitrogens with one attached hydrogen (secondary N) is 1. The molecule has 7 nitrogen and oxygen atoms in total. The summed E-state index contributed by atoms with van der Waals surface area (Å²) in [6.45, 7) is 0. The van der Waals surface area contributed by atoms with Crippen LogP contribution in [0.1, 0.15) is 10.4 Å². The van der Waals surface area contributed by atoms with E-state index in [0.717, 1.165) is 5.39 Å². The number of carbonyl (C=O) groups excluding carboxylic acids is 1. The lowest BCUT2D eigenvalue weighted by Gasteiger charge is -2.08. The lowest BCUT2D eigenvalue weighted by Crippen LogP contribution is -2.12. The number of aromatic nitrogens is 2. The molecule has 4 aromatic rings. The molecule has 24 heavy (non-hydrogen) atoms. The van der Waals surface area contributed by atoms with Crippen LogP contribution in [-0.4, -0.2) is 23.0 Å². The largest absolute Gasteiger partial charge is 0.497 e. The molecule has 3 N–H and O–H groups in total. The number of thiophene rings is 1. The number of carbonyl (C=O) groups is 1. The molecule has 0 aliphatic rings. The summed E-state index contributed by atoms with van der Waals surface area (Å²) in [4.78, 5) is 20.8. The van der Waals surface area contributed by atoms with Crippen LogP contribution in [-0.2, 0) is 0 Å². The van der Waals surface area contributed by atoms with E-state index in [9.17, 15) is 4.79 Å². The van der Waals surface area contributed by atoms with Crippen LogP contribution >= 0.6 is 11.3 Å². The summed E-state index contributed by atoms with van der Waals surface area (Å²) < 4.78 is 11.3. The van der Waals surface area contributed by atoms with Gasteiger partial charge < -0.3 is 20.2 Å². The number of fused-ring (bicyclic) bond motifs is 2. The fourth-order valence-corrected chi connectivity index (χ4v) is 3.39. The molecule has 0 unspecified atom stereocenters. The van der Waals surface area contributed by atoms with Gasteiger partial charge in [0.2, 0.25) is 0 Å². The van der Waals surface area contributed by atoms with Crippen LogP contribution in [0.15, 0.2) is 40.6 Å². The van der Waals surface area contributed by atoms with Crippen molar-refractivity contribution in [2.45, 2.75) is 0 Å². The third-order valence-electron chi connectivity index (χ3n) is 3.65. The standard InChI is InChI=1S/C16H12N4O3S/c1-22-8-4-11(9-2-3-23-12(9)5-8)20-16(21)10-6-24-14-13(10)18-7-19-15(14)17/h2-7H,1H3,(H,20,21)(H2,17,18,19). The van der Waals surface area contributed by atoms with E-state index >= 15 is 0 Å². The summed E-state index contributed by atoms with van der Waals surface area (Å²) in [6, 6.07) is 5.29. The summed E-state index contributed by atoms with van der Waals surface area (Å²) >= 11 is 1.34. The van der Waals surface area contributed by atoms with Gasteiger partial charge in [0.05, 0.1) is 34.8 Å². The van der Waals surface area contributed by atoms with E-state index in [-0.39, 0.29) is 5.91 Å². The van der Waals surface area contributed by atoms with Crippen LogP contribution in [0.3, 0.4) is 0 Å². The monoisotopic (exact) mass is 340 g/mol. The van der Waals surface area contributed by atoms with Crippen LogP contribution < -0.4 is 15.8 Å². The Morgan fingerprint density at radius 3 is 3.08 bits per heavy atom. The van der Waals surface area contributed by atoms with Crippen LogP contribution in [0.4, 0.5) is 11.5 Å². The number of hydrogen-bond acceptors (Lipinski definition) is 7. The van der Waals surface area contributed by atoms with Crippen molar-refractivity contribution in [3.05, 3.63) is 41.7 Å². The molecule has 4 rings (SSSR count). The first-order chi connectivity index (χ1) is 11.7. The van der Waals surface area contributed by atoms with Crippen molar-refractivity contribution in [1.29, 1.82) is 0 Å². The summed E-state index contributed by atoms with van der Waals surface area (Å²) in [7, 11) is 1.56. The first-order valence-electron chi connectivity index (χ1n) is 7.01. The van der Waals surface area contributed by atoms with Gasteiger partial charge in [-0.15, -0.1) is 11.3 Å². The lowest BCUT2D eigenvalue weighted by molar-refractivity contribution is 0.102. The second kappa shape index (κ2) is 5.50. The maximum absolute atomic E-state index is 12.7. The minimum atomic E-state index is -0.282. The van der Waals surface area contributed by atoms with Gasteiger partial charge in [0.1, 0.15) is 23.5 Å². The Bertz CT molecular complexity index is 1070. The topological polar surface area (TPSA) is 103 Å². The Labute approximate surface area is 140 Å². The van der Waals surface area contributed by atoms with Crippen molar-refractivity contribution in [2.24, 2.45) is 0 Å². The van der Waals surface area contributed by atoms with Gasteiger partial charge in [0.25, 0.3) is 5.91 Å². The maximum atomic E-state index is 12.7. The highest BCUT2D eigenvalue weighted by atomic mass is 32.1. The molecule has 8 heteroatoms. The third kappa shape index (κ3) is 2.24. The summed E-state index contributed by atoms with van der Waals surface area (Å²) in [5.74, 6) is 0.673. The highest BCUT2D eigenvalue weighted by Crippen LogP contribution is 2.32. The Kier molecular flexibility index (Phi) is 3.31. The first kappa shape index (κ1) is 14.5. The Balaban J connectivity index is 1.76. The summed E-state index contributed by atoms with van der Waals surface area (Å²) in [6.07, 6.45) is 2.91. The van der Waals surface area contributed by atoms with E-state index < -0.39 is 0 Å². The highest BCUT2D eigenvalue weighted by Gasteiger charge is 2.17. The molecule has 3 aromatic heterocycles. The minimum absolute atomic E-state index is 0.282. The van der Waals surface area contributed by atoms with Crippen molar-refractivity contribution >= 4 is 49.9 Å². The molecule has 120 valence electrons. The Hall–Kier alpha value is -3.13.